The lowest BCUT2D eigenvalue weighted by molar-refractivity contribution is -0.137. The number of hydrogen-bond donors (Lipinski definition) is 0. The summed E-state index contributed by atoms with van der Waals surface area (Å²) in [6.07, 6.45) is 5.39. The summed E-state index contributed by atoms with van der Waals surface area (Å²) in [5.74, 6) is 0.113. The standard InChI is InChI=1S/C13H14ClNO2/c1-2-17-13(16)8-11(9-3-4-9)12-7-10(14)5-6-15-12/h5-9H,2-4H2,1H3. The van der Waals surface area contributed by atoms with Crippen molar-refractivity contribution in [1.82, 2.24) is 4.98 Å². The summed E-state index contributed by atoms with van der Waals surface area (Å²) in [6, 6.07) is 3.50. The first-order valence-corrected chi connectivity index (χ1v) is 6.08. The Bertz CT molecular complexity index is 452. The van der Waals surface area contributed by atoms with Gasteiger partial charge in [-0.25, -0.2) is 4.79 Å². The highest BCUT2D eigenvalue weighted by Gasteiger charge is 2.28. The Kier molecular flexibility index (Phi) is 3.79. The van der Waals surface area contributed by atoms with Crippen LogP contribution in [0.25, 0.3) is 5.57 Å². The van der Waals surface area contributed by atoms with E-state index >= 15 is 0 Å². The fraction of sp³-hybridized carbons (Fsp3) is 0.385. The van der Waals surface area contributed by atoms with Gasteiger partial charge in [-0.05, 0) is 43.4 Å². The number of ether oxygens (including phenoxy) is 1. The molecule has 17 heavy (non-hydrogen) atoms. The van der Waals surface area contributed by atoms with Crippen LogP contribution in [-0.4, -0.2) is 17.6 Å². The minimum atomic E-state index is -0.309. The first-order valence-electron chi connectivity index (χ1n) is 5.71. The first-order chi connectivity index (χ1) is 8.20. The van der Waals surface area contributed by atoms with Gasteiger partial charge in [0, 0.05) is 17.3 Å². The molecule has 0 radical (unpaired) electrons. The Morgan fingerprint density at radius 3 is 3.00 bits per heavy atom. The number of nitrogens with zero attached hydrogens (tertiary/aromatic N) is 1. The van der Waals surface area contributed by atoms with Crippen LogP contribution in [0.5, 0.6) is 0 Å². The lowest BCUT2D eigenvalue weighted by Gasteiger charge is -2.05. The number of hydrogen-bond acceptors (Lipinski definition) is 3. The zero-order chi connectivity index (χ0) is 12.3. The summed E-state index contributed by atoms with van der Waals surface area (Å²) in [6.45, 7) is 2.18. The molecule has 0 bridgehead atoms. The van der Waals surface area contributed by atoms with E-state index in [2.05, 4.69) is 4.98 Å². The largest absolute Gasteiger partial charge is 0.463 e. The molecule has 90 valence electrons. The van der Waals surface area contributed by atoms with E-state index in [1.54, 1.807) is 31.3 Å². The molecule has 0 unspecified atom stereocenters. The van der Waals surface area contributed by atoms with Crippen LogP contribution in [0.15, 0.2) is 24.4 Å². The van der Waals surface area contributed by atoms with Crippen LogP contribution in [-0.2, 0) is 9.53 Å². The monoisotopic (exact) mass is 251 g/mol. The van der Waals surface area contributed by atoms with Crippen molar-refractivity contribution in [2.45, 2.75) is 19.8 Å². The van der Waals surface area contributed by atoms with Gasteiger partial charge in [0.15, 0.2) is 0 Å². The molecule has 1 heterocycles. The Balaban J connectivity index is 2.26. The quantitative estimate of drug-likeness (QED) is 0.610. The van der Waals surface area contributed by atoms with Crippen LogP contribution >= 0.6 is 11.6 Å². The molecule has 1 aromatic rings. The van der Waals surface area contributed by atoms with E-state index in [-0.39, 0.29) is 5.97 Å². The molecule has 1 aliphatic carbocycles. The van der Waals surface area contributed by atoms with Crippen LogP contribution in [0.4, 0.5) is 0 Å². The van der Waals surface area contributed by atoms with Gasteiger partial charge in [-0.15, -0.1) is 0 Å². The number of carbonyl (C=O) groups is 1. The second-order valence-corrected chi connectivity index (χ2v) is 4.42. The third kappa shape index (κ3) is 3.30. The fourth-order valence-electron chi connectivity index (χ4n) is 1.67. The molecule has 3 nitrogen and oxygen atoms in total. The summed E-state index contributed by atoms with van der Waals surface area (Å²) >= 11 is 5.93. The number of aromatic nitrogens is 1. The van der Waals surface area contributed by atoms with Gasteiger partial charge in [-0.1, -0.05) is 11.6 Å². The molecule has 1 aromatic heterocycles. The SMILES string of the molecule is CCOC(=O)C=C(c1cc(Cl)ccn1)C1CC1. The summed E-state index contributed by atoms with van der Waals surface area (Å²) in [5, 5.41) is 0.630. The fourth-order valence-corrected chi connectivity index (χ4v) is 1.83. The highest BCUT2D eigenvalue weighted by Crippen LogP contribution is 2.41. The van der Waals surface area contributed by atoms with Crippen LogP contribution in [0.1, 0.15) is 25.5 Å². The minimum absolute atomic E-state index is 0.309. The molecule has 0 atom stereocenters. The zero-order valence-corrected chi connectivity index (χ0v) is 10.4. The Morgan fingerprint density at radius 1 is 1.65 bits per heavy atom. The molecule has 0 aliphatic heterocycles. The molecule has 1 saturated carbocycles. The van der Waals surface area contributed by atoms with Crippen LogP contribution in [0, 0.1) is 5.92 Å². The van der Waals surface area contributed by atoms with Crippen LogP contribution in [0.2, 0.25) is 5.02 Å². The number of pyridine rings is 1. The van der Waals surface area contributed by atoms with Gasteiger partial charge >= 0.3 is 5.97 Å². The van der Waals surface area contributed by atoms with E-state index in [9.17, 15) is 4.79 Å². The molecule has 2 rings (SSSR count). The molecular formula is C13H14ClNO2. The van der Waals surface area contributed by atoms with E-state index in [0.717, 1.165) is 24.1 Å². The molecule has 0 spiro atoms. The average Bonchev–Trinajstić information content (AvgIpc) is 3.10. The average molecular weight is 252 g/mol. The first kappa shape index (κ1) is 12.1. The Labute approximate surface area is 105 Å². The molecule has 0 aromatic carbocycles. The van der Waals surface area contributed by atoms with E-state index < -0.39 is 0 Å². The van der Waals surface area contributed by atoms with Crippen molar-refractivity contribution in [3.05, 3.63) is 35.1 Å². The maximum absolute atomic E-state index is 11.5. The molecule has 1 fully saturated rings. The van der Waals surface area contributed by atoms with Gasteiger partial charge < -0.3 is 4.74 Å². The second kappa shape index (κ2) is 5.32. The highest BCUT2D eigenvalue weighted by molar-refractivity contribution is 6.30. The highest BCUT2D eigenvalue weighted by atomic mass is 35.5. The predicted molar refractivity (Wildman–Crippen MR) is 66.6 cm³/mol. The van der Waals surface area contributed by atoms with E-state index in [1.807, 2.05) is 0 Å². The number of allylic oxidation sites excluding steroid dienone is 1. The van der Waals surface area contributed by atoms with E-state index in [1.165, 1.54) is 0 Å². The van der Waals surface area contributed by atoms with Crippen molar-refractivity contribution < 1.29 is 9.53 Å². The van der Waals surface area contributed by atoms with Gasteiger partial charge in [0.05, 0.1) is 12.3 Å². The number of esters is 1. The van der Waals surface area contributed by atoms with Gasteiger partial charge in [0.2, 0.25) is 0 Å². The zero-order valence-electron chi connectivity index (χ0n) is 9.65. The van der Waals surface area contributed by atoms with Crippen molar-refractivity contribution in [3.8, 4) is 0 Å². The minimum Gasteiger partial charge on any atom is -0.463 e. The maximum Gasteiger partial charge on any atom is 0.331 e. The smallest absolute Gasteiger partial charge is 0.331 e. The van der Waals surface area contributed by atoms with Gasteiger partial charge in [-0.3, -0.25) is 4.98 Å². The number of carbonyl (C=O) groups excluding carboxylic acids is 1. The van der Waals surface area contributed by atoms with Crippen LogP contribution in [0.3, 0.4) is 0 Å². The van der Waals surface area contributed by atoms with Crippen molar-refractivity contribution in [3.63, 3.8) is 0 Å². The van der Waals surface area contributed by atoms with Crippen molar-refractivity contribution in [1.29, 1.82) is 0 Å². The Hall–Kier alpha value is -1.35. The van der Waals surface area contributed by atoms with E-state index in [4.69, 9.17) is 16.3 Å². The molecule has 0 N–H and O–H groups in total. The molecule has 4 heteroatoms. The molecule has 0 amide bonds. The third-order valence-corrected chi connectivity index (χ3v) is 2.83. The van der Waals surface area contributed by atoms with Gasteiger partial charge in [0.1, 0.15) is 0 Å². The van der Waals surface area contributed by atoms with Crippen molar-refractivity contribution in [2.24, 2.45) is 5.92 Å². The topological polar surface area (TPSA) is 39.2 Å². The number of halogens is 1. The maximum atomic E-state index is 11.5. The summed E-state index contributed by atoms with van der Waals surface area (Å²) in [4.78, 5) is 15.7. The molecular weight excluding hydrogens is 238 g/mol. The van der Waals surface area contributed by atoms with E-state index in [0.29, 0.717) is 17.5 Å². The molecule has 0 saturated heterocycles. The summed E-state index contributed by atoms with van der Waals surface area (Å²) in [5.41, 5.74) is 1.71. The Morgan fingerprint density at radius 2 is 2.41 bits per heavy atom. The number of rotatable bonds is 4. The van der Waals surface area contributed by atoms with Crippen molar-refractivity contribution in [2.75, 3.05) is 6.61 Å². The lowest BCUT2D eigenvalue weighted by atomic mass is 10.1. The normalized spacial score (nSPS) is 15.8. The second-order valence-electron chi connectivity index (χ2n) is 3.99. The summed E-state index contributed by atoms with van der Waals surface area (Å²) < 4.78 is 4.93. The molecule has 1 aliphatic rings. The van der Waals surface area contributed by atoms with Crippen molar-refractivity contribution >= 4 is 23.1 Å². The van der Waals surface area contributed by atoms with Gasteiger partial charge in [-0.2, -0.15) is 0 Å². The third-order valence-electron chi connectivity index (χ3n) is 2.59. The summed E-state index contributed by atoms with van der Waals surface area (Å²) in [7, 11) is 0. The van der Waals surface area contributed by atoms with Gasteiger partial charge in [0.25, 0.3) is 0 Å². The van der Waals surface area contributed by atoms with Crippen LogP contribution < -0.4 is 0 Å². The predicted octanol–water partition coefficient (Wildman–Crippen LogP) is 3.09. The lowest BCUT2D eigenvalue weighted by Crippen LogP contribution is -2.02.